The zero-order valence-corrected chi connectivity index (χ0v) is 30.3. The molecule has 11 rings (SSSR count). The van der Waals surface area contributed by atoms with Gasteiger partial charge in [0.25, 0.3) is 0 Å². The third-order valence-corrected chi connectivity index (χ3v) is 10.0. The number of fused-ring (bicyclic) bond motifs is 6. The summed E-state index contributed by atoms with van der Waals surface area (Å²) in [5.41, 5.74) is -13.5. The number of benzene rings is 9. The Morgan fingerprint density at radius 1 is 0.441 bits per heavy atom. The van der Waals surface area contributed by atoms with Crippen molar-refractivity contribution in [2.45, 2.75) is 19.1 Å². The molecule has 1 aliphatic carbocycles. The summed E-state index contributed by atoms with van der Waals surface area (Å²) in [7, 11) is 0. The fourth-order valence-corrected chi connectivity index (χ4v) is 7.37. The Kier molecular flexibility index (Phi) is 3.71. The largest absolute Gasteiger partial charge is 0.310 e. The van der Waals surface area contributed by atoms with Crippen LogP contribution in [0.1, 0.15) is 66.0 Å². The van der Waals surface area contributed by atoms with Crippen molar-refractivity contribution in [2.24, 2.45) is 0 Å². The topological polar surface area (TPSA) is 8.17 Å². The van der Waals surface area contributed by atoms with Crippen LogP contribution in [0.25, 0.3) is 72.0 Å². The maximum Gasteiger partial charge on any atom is 0.0648 e. The molecule has 2 nitrogen and oxygen atoms in total. The first-order valence-corrected chi connectivity index (χ1v) is 18.1. The van der Waals surface area contributed by atoms with Crippen LogP contribution in [0.5, 0.6) is 0 Å². The van der Waals surface area contributed by atoms with E-state index in [2.05, 4.69) is 0 Å². The summed E-state index contributed by atoms with van der Waals surface area (Å²) in [6.45, 7) is -7.96. The first-order chi connectivity index (χ1) is 41.5. The minimum absolute atomic E-state index is 0.0886. The number of hydrogen-bond acceptors (Lipinski definition) is 1. The third kappa shape index (κ3) is 5.79. The van der Waals surface area contributed by atoms with Gasteiger partial charge in [-0.05, 0) is 122 Å². The molecule has 2 heteroatoms. The van der Waals surface area contributed by atoms with E-state index in [1.807, 2.05) is 53.1 Å². The van der Waals surface area contributed by atoms with E-state index in [1.165, 1.54) is 6.07 Å². The van der Waals surface area contributed by atoms with Crippen LogP contribution in [0.15, 0.2) is 218 Å². The number of rotatable bonds is 7. The highest BCUT2D eigenvalue weighted by Crippen LogP contribution is 2.51. The number of anilines is 3. The van der Waals surface area contributed by atoms with Crippen molar-refractivity contribution < 1.29 is 41.1 Å². The van der Waals surface area contributed by atoms with Gasteiger partial charge in [-0.2, -0.15) is 0 Å². The molecule has 0 amide bonds. The second kappa shape index (κ2) is 13.9. The average Bonchev–Trinajstić information content (AvgIpc) is 1.53. The van der Waals surface area contributed by atoms with Gasteiger partial charge in [-0.25, -0.2) is 0 Å². The van der Waals surface area contributed by atoms with Gasteiger partial charge in [0.2, 0.25) is 0 Å². The average molecular weight is 785 g/mol. The molecular weight excluding hydrogens is 713 g/mol. The van der Waals surface area contributed by atoms with Crippen molar-refractivity contribution in [3.05, 3.63) is 229 Å². The van der Waals surface area contributed by atoms with Gasteiger partial charge in [-0.15, -0.1) is 0 Å². The van der Waals surface area contributed by atoms with Crippen molar-refractivity contribution in [1.82, 2.24) is 4.57 Å². The maximum absolute atomic E-state index is 10.1. The molecule has 59 heavy (non-hydrogen) atoms. The SMILES string of the molecule is [2H]c1c([2H])c([2H])c(-c2c([2H])c([2H])c([2H])c([2H])c2-c2c([2H])c([2H])c(N(c3c([2H])c([2H])c(-c4ccc5c(c4)c4ccccc4n5-c4ccccc4)c([2H])c3[2H])c3c([2H])c([2H])c4c(c3[2H])C(C([2H])([2H])[2H])(C([2H])([2H])[2H])c3c([2H])c([2H])c([2H])c([2H])c3-4)c([2H])c2[2H])c([2H])c1[2H]. The second-order valence-electron chi connectivity index (χ2n) is 13.4. The lowest BCUT2D eigenvalue weighted by atomic mass is 9.82. The summed E-state index contributed by atoms with van der Waals surface area (Å²) in [6, 6.07) is -5.66. The van der Waals surface area contributed by atoms with Crippen molar-refractivity contribution >= 4 is 38.9 Å². The zero-order chi connectivity index (χ0) is 65.4. The molecule has 9 aromatic carbocycles. The monoisotopic (exact) mass is 785 g/mol. The Hall–Kier alpha value is -7.42. The summed E-state index contributed by atoms with van der Waals surface area (Å²) < 4.78 is 277. The molecular formula is C57H42N2. The molecule has 1 aliphatic rings. The Balaban J connectivity index is 1.29. The van der Waals surface area contributed by atoms with E-state index in [-0.39, 0.29) is 11.1 Å². The van der Waals surface area contributed by atoms with Crippen LogP contribution in [0.4, 0.5) is 17.1 Å². The van der Waals surface area contributed by atoms with E-state index in [4.69, 9.17) is 26.0 Å². The van der Waals surface area contributed by atoms with Gasteiger partial charge in [0.15, 0.2) is 0 Å². The van der Waals surface area contributed by atoms with Crippen LogP contribution < -0.4 is 4.90 Å². The third-order valence-electron chi connectivity index (χ3n) is 10.0. The predicted octanol–water partition coefficient (Wildman–Crippen LogP) is 15.6. The smallest absolute Gasteiger partial charge is 0.0648 e. The lowest BCUT2D eigenvalue weighted by Crippen LogP contribution is -2.16. The number of aromatic nitrogens is 1. The van der Waals surface area contributed by atoms with Crippen LogP contribution in [-0.2, 0) is 5.41 Å². The Bertz CT molecular complexity index is 4710. The minimum Gasteiger partial charge on any atom is -0.310 e. The molecule has 0 fully saturated rings. The molecule has 0 atom stereocenters. The van der Waals surface area contributed by atoms with Crippen LogP contribution >= 0.6 is 0 Å². The fourth-order valence-electron chi connectivity index (χ4n) is 7.37. The molecule has 10 aromatic rings. The molecule has 0 unspecified atom stereocenters. The van der Waals surface area contributed by atoms with Crippen LogP contribution in [0.3, 0.4) is 0 Å². The second-order valence-corrected chi connectivity index (χ2v) is 13.4. The Morgan fingerprint density at radius 3 is 1.75 bits per heavy atom. The highest BCUT2D eigenvalue weighted by Gasteiger charge is 2.35. The van der Waals surface area contributed by atoms with Crippen molar-refractivity contribution in [2.75, 3.05) is 4.90 Å². The van der Waals surface area contributed by atoms with E-state index >= 15 is 0 Å². The molecule has 1 aromatic heterocycles. The van der Waals surface area contributed by atoms with Crippen LogP contribution in [0, 0.1) is 0 Å². The Labute approximate surface area is 388 Å². The molecule has 0 spiro atoms. The molecule has 0 bridgehead atoms. The molecule has 0 N–H and O–H groups in total. The van der Waals surface area contributed by atoms with Crippen LogP contribution in [-0.4, -0.2) is 4.57 Å². The standard InChI is InChI=1S/C57H42N2/c1-57(2)53-23-13-11-21-49(53)50-35-34-46(38-54(50)57)58(45-32-27-41(28-33-45)48-20-10-9-19-47(48)40-15-5-3-6-16-40)44-30-25-39(26-31-44)42-29-36-56-52(37-42)51-22-12-14-24-55(51)59(56)43-17-7-4-8-18-43/h3-38H,1-2H3/i1D3,2D3,3D,5D,6D,9D,10D,11D,13D,15D,16D,19D,20D,21D,23D,25D,26D,27D,28D,30D,31D,32D,33D,34D,35D,38D. The van der Waals surface area contributed by atoms with Gasteiger partial charge in [0, 0.05) is 47.2 Å². The normalized spacial score (nSPS) is 20.3. The van der Waals surface area contributed by atoms with E-state index < -0.39 is 226 Å². The summed E-state index contributed by atoms with van der Waals surface area (Å²) >= 11 is 0. The van der Waals surface area contributed by atoms with Crippen LogP contribution in [0.2, 0.25) is 0 Å². The van der Waals surface area contributed by atoms with Gasteiger partial charge < -0.3 is 9.47 Å². The first kappa shape index (κ1) is 15.7. The van der Waals surface area contributed by atoms with Gasteiger partial charge >= 0.3 is 0 Å². The van der Waals surface area contributed by atoms with E-state index in [9.17, 15) is 15.1 Å². The van der Waals surface area contributed by atoms with Gasteiger partial charge in [-0.3, -0.25) is 0 Å². The molecule has 0 radical (unpaired) electrons. The summed E-state index contributed by atoms with van der Waals surface area (Å²) in [5.74, 6) is 0. The summed E-state index contributed by atoms with van der Waals surface area (Å²) in [5, 5.41) is 1.29. The number of nitrogens with zero attached hydrogens (tertiary/aromatic N) is 2. The van der Waals surface area contributed by atoms with E-state index in [0.29, 0.717) is 21.2 Å². The molecule has 1 heterocycles. The zero-order valence-electron chi connectivity index (χ0n) is 60.3. The molecule has 0 saturated carbocycles. The molecule has 280 valence electrons. The molecule has 0 saturated heterocycles. The summed E-state index contributed by atoms with van der Waals surface area (Å²) in [6.07, 6.45) is 0. The van der Waals surface area contributed by atoms with E-state index in [1.54, 1.807) is 18.2 Å². The first-order valence-electron chi connectivity index (χ1n) is 33.1. The maximum atomic E-state index is 10.1. The highest BCUT2D eigenvalue weighted by atomic mass is 15.1. The molecule has 0 aliphatic heterocycles. The predicted molar refractivity (Wildman–Crippen MR) is 249 cm³/mol. The van der Waals surface area contributed by atoms with Gasteiger partial charge in [0.05, 0.1) is 43.9 Å². The van der Waals surface area contributed by atoms with Crippen molar-refractivity contribution in [1.29, 1.82) is 0 Å². The Morgan fingerprint density at radius 2 is 1.02 bits per heavy atom. The minimum atomic E-state index is -3.98. The highest BCUT2D eigenvalue weighted by molar-refractivity contribution is 6.10. The van der Waals surface area contributed by atoms with Gasteiger partial charge in [-0.1, -0.05) is 165 Å². The van der Waals surface area contributed by atoms with E-state index in [0.717, 1.165) is 11.2 Å². The summed E-state index contributed by atoms with van der Waals surface area (Å²) in [4.78, 5) is 0.299. The lowest BCUT2D eigenvalue weighted by Gasteiger charge is -2.28. The number of para-hydroxylation sites is 2. The quantitative estimate of drug-likeness (QED) is 0.156. The van der Waals surface area contributed by atoms with Gasteiger partial charge in [0.1, 0.15) is 0 Å². The number of hydrogen-bond donors (Lipinski definition) is 0. The fraction of sp³-hybridized carbons (Fsp3) is 0.0526. The van der Waals surface area contributed by atoms with Crippen molar-refractivity contribution in [3.8, 4) is 50.2 Å². The lowest BCUT2D eigenvalue weighted by molar-refractivity contribution is 0.660. The van der Waals surface area contributed by atoms with Crippen molar-refractivity contribution in [3.63, 3.8) is 0 Å².